The van der Waals surface area contributed by atoms with Crippen molar-refractivity contribution < 1.29 is 23.1 Å². The molecule has 1 aromatic heterocycles. The third kappa shape index (κ3) is 4.00. The van der Waals surface area contributed by atoms with Crippen molar-refractivity contribution >= 4 is 5.91 Å². The van der Waals surface area contributed by atoms with E-state index < -0.39 is 18.8 Å². The predicted octanol–water partition coefficient (Wildman–Crippen LogP) is 1.63. The highest BCUT2D eigenvalue weighted by Crippen LogP contribution is 2.22. The molecule has 0 saturated heterocycles. The van der Waals surface area contributed by atoms with Gasteiger partial charge in [-0.05, 0) is 33.1 Å². The Labute approximate surface area is 126 Å². The molecule has 1 saturated carbocycles. The molecule has 2 unspecified atom stereocenters. The number of hydrogen-bond acceptors (Lipinski definition) is 3. The van der Waals surface area contributed by atoms with Crippen molar-refractivity contribution in [3.63, 3.8) is 0 Å². The Kier molecular flexibility index (Phi) is 4.79. The van der Waals surface area contributed by atoms with E-state index in [1.54, 1.807) is 6.92 Å². The maximum Gasteiger partial charge on any atom is 0.408 e. The Morgan fingerprint density at radius 3 is 2.64 bits per heavy atom. The lowest BCUT2D eigenvalue weighted by Crippen LogP contribution is -2.40. The van der Waals surface area contributed by atoms with Crippen LogP contribution in [0.5, 0.6) is 0 Å². The molecule has 1 aliphatic rings. The van der Waals surface area contributed by atoms with E-state index in [2.05, 4.69) is 10.4 Å². The third-order valence-electron chi connectivity index (χ3n) is 4.02. The SMILES string of the molecule is Cc1nn(CC(F)(F)F)c(C)c1CC(=O)NC1CCCC1O. The first kappa shape index (κ1) is 16.8. The van der Waals surface area contributed by atoms with Crippen LogP contribution in [0.15, 0.2) is 0 Å². The zero-order valence-electron chi connectivity index (χ0n) is 12.6. The number of rotatable bonds is 4. The summed E-state index contributed by atoms with van der Waals surface area (Å²) >= 11 is 0. The summed E-state index contributed by atoms with van der Waals surface area (Å²) in [5, 5.41) is 16.3. The molecule has 5 nitrogen and oxygen atoms in total. The largest absolute Gasteiger partial charge is 0.408 e. The fraction of sp³-hybridized carbons (Fsp3) is 0.714. The lowest BCUT2D eigenvalue weighted by atomic mass is 10.1. The fourth-order valence-electron chi connectivity index (χ4n) is 2.84. The number of aromatic nitrogens is 2. The lowest BCUT2D eigenvalue weighted by molar-refractivity contribution is -0.142. The highest BCUT2D eigenvalue weighted by atomic mass is 19.4. The number of amides is 1. The molecule has 1 aliphatic carbocycles. The Balaban J connectivity index is 2.04. The zero-order valence-corrected chi connectivity index (χ0v) is 12.6. The van der Waals surface area contributed by atoms with E-state index >= 15 is 0 Å². The van der Waals surface area contributed by atoms with Gasteiger partial charge in [-0.15, -0.1) is 0 Å². The molecule has 1 amide bonds. The molecule has 124 valence electrons. The first-order chi connectivity index (χ1) is 10.2. The second-order valence-electron chi connectivity index (χ2n) is 5.77. The molecule has 1 fully saturated rings. The average molecular weight is 319 g/mol. The van der Waals surface area contributed by atoms with Crippen LogP contribution in [0.2, 0.25) is 0 Å². The van der Waals surface area contributed by atoms with E-state index in [1.165, 1.54) is 6.92 Å². The molecule has 1 heterocycles. The van der Waals surface area contributed by atoms with Gasteiger partial charge in [0.2, 0.25) is 5.91 Å². The minimum Gasteiger partial charge on any atom is -0.391 e. The quantitative estimate of drug-likeness (QED) is 0.886. The van der Waals surface area contributed by atoms with Gasteiger partial charge in [-0.25, -0.2) is 0 Å². The van der Waals surface area contributed by atoms with Crippen LogP contribution in [0.3, 0.4) is 0 Å². The smallest absolute Gasteiger partial charge is 0.391 e. The van der Waals surface area contributed by atoms with Crippen LogP contribution in [0.1, 0.15) is 36.2 Å². The van der Waals surface area contributed by atoms with Gasteiger partial charge in [0.15, 0.2) is 0 Å². The van der Waals surface area contributed by atoms with Crippen molar-refractivity contribution in [2.24, 2.45) is 0 Å². The van der Waals surface area contributed by atoms with E-state index in [9.17, 15) is 23.1 Å². The zero-order chi connectivity index (χ0) is 16.5. The third-order valence-corrected chi connectivity index (χ3v) is 4.02. The van der Waals surface area contributed by atoms with Crippen molar-refractivity contribution in [2.45, 2.75) is 64.4 Å². The molecule has 8 heteroatoms. The summed E-state index contributed by atoms with van der Waals surface area (Å²) in [7, 11) is 0. The number of halogens is 3. The Hall–Kier alpha value is -1.57. The summed E-state index contributed by atoms with van der Waals surface area (Å²) in [6.45, 7) is 1.95. The van der Waals surface area contributed by atoms with Crippen LogP contribution in [0.25, 0.3) is 0 Å². The monoisotopic (exact) mass is 319 g/mol. The first-order valence-electron chi connectivity index (χ1n) is 7.24. The van der Waals surface area contributed by atoms with E-state index in [4.69, 9.17) is 0 Å². The molecule has 0 bridgehead atoms. The summed E-state index contributed by atoms with van der Waals surface area (Å²) in [5.74, 6) is -0.302. The van der Waals surface area contributed by atoms with Crippen molar-refractivity contribution in [2.75, 3.05) is 0 Å². The van der Waals surface area contributed by atoms with Crippen LogP contribution < -0.4 is 5.32 Å². The number of carbonyl (C=O) groups excluding carboxylic acids is 1. The number of nitrogens with zero attached hydrogens (tertiary/aromatic N) is 2. The highest BCUT2D eigenvalue weighted by Gasteiger charge is 2.31. The van der Waals surface area contributed by atoms with Gasteiger partial charge in [-0.2, -0.15) is 18.3 Å². The summed E-state index contributed by atoms with van der Waals surface area (Å²) < 4.78 is 38.3. The number of carbonyl (C=O) groups is 1. The van der Waals surface area contributed by atoms with Gasteiger partial charge in [-0.3, -0.25) is 9.48 Å². The molecule has 0 aliphatic heterocycles. The van der Waals surface area contributed by atoms with Crippen LogP contribution in [0, 0.1) is 13.8 Å². The summed E-state index contributed by atoms with van der Waals surface area (Å²) in [6.07, 6.45) is -2.69. The second-order valence-corrected chi connectivity index (χ2v) is 5.77. The Bertz CT molecular complexity index is 554. The predicted molar refractivity (Wildman–Crippen MR) is 73.2 cm³/mol. The normalized spacial score (nSPS) is 22.1. The standard InChI is InChI=1S/C14H20F3N3O2/c1-8-10(9(2)20(19-8)7-14(15,16)17)6-13(22)18-11-4-3-5-12(11)21/h11-12,21H,3-7H2,1-2H3,(H,18,22). The number of nitrogens with one attached hydrogen (secondary N) is 1. The van der Waals surface area contributed by atoms with Crippen molar-refractivity contribution in [3.05, 3.63) is 17.0 Å². The Morgan fingerprint density at radius 1 is 1.41 bits per heavy atom. The lowest BCUT2D eigenvalue weighted by Gasteiger charge is -2.16. The fourth-order valence-corrected chi connectivity index (χ4v) is 2.84. The topological polar surface area (TPSA) is 67.2 Å². The van der Waals surface area contributed by atoms with Crippen LogP contribution >= 0.6 is 0 Å². The second kappa shape index (κ2) is 6.28. The van der Waals surface area contributed by atoms with Crippen molar-refractivity contribution in [1.82, 2.24) is 15.1 Å². The number of aliphatic hydroxyl groups excluding tert-OH is 1. The van der Waals surface area contributed by atoms with Crippen molar-refractivity contribution in [1.29, 1.82) is 0 Å². The molecule has 0 radical (unpaired) electrons. The van der Waals surface area contributed by atoms with Gasteiger partial charge < -0.3 is 10.4 Å². The Morgan fingerprint density at radius 2 is 2.09 bits per heavy atom. The van der Waals surface area contributed by atoms with Crippen LogP contribution in [-0.4, -0.2) is 39.1 Å². The summed E-state index contributed by atoms with van der Waals surface area (Å²) in [6, 6.07) is -0.265. The molecule has 22 heavy (non-hydrogen) atoms. The van der Waals surface area contributed by atoms with Gasteiger partial charge in [0.05, 0.1) is 24.3 Å². The number of aryl methyl sites for hydroxylation is 1. The summed E-state index contributed by atoms with van der Waals surface area (Å²) in [4.78, 5) is 12.0. The van der Waals surface area contributed by atoms with E-state index in [0.29, 0.717) is 23.4 Å². The van der Waals surface area contributed by atoms with E-state index in [-0.39, 0.29) is 18.4 Å². The van der Waals surface area contributed by atoms with Crippen LogP contribution in [-0.2, 0) is 17.8 Å². The van der Waals surface area contributed by atoms with Gasteiger partial charge in [-0.1, -0.05) is 0 Å². The first-order valence-corrected chi connectivity index (χ1v) is 7.24. The van der Waals surface area contributed by atoms with Gasteiger partial charge in [0.25, 0.3) is 0 Å². The minimum atomic E-state index is -4.35. The van der Waals surface area contributed by atoms with E-state index in [0.717, 1.165) is 17.5 Å². The molecule has 0 aromatic carbocycles. The average Bonchev–Trinajstić information content (AvgIpc) is 2.87. The molecular formula is C14H20F3N3O2. The maximum absolute atomic E-state index is 12.5. The summed E-state index contributed by atoms with van der Waals surface area (Å²) in [5.41, 5.74) is 1.27. The molecular weight excluding hydrogens is 299 g/mol. The minimum absolute atomic E-state index is 0.0290. The molecule has 2 rings (SSSR count). The number of hydrogen-bond donors (Lipinski definition) is 2. The molecule has 0 spiro atoms. The molecule has 1 aromatic rings. The van der Waals surface area contributed by atoms with Crippen molar-refractivity contribution in [3.8, 4) is 0 Å². The van der Waals surface area contributed by atoms with Gasteiger partial charge in [0.1, 0.15) is 6.54 Å². The number of alkyl halides is 3. The van der Waals surface area contributed by atoms with Gasteiger partial charge >= 0.3 is 6.18 Å². The molecule has 2 N–H and O–H groups in total. The van der Waals surface area contributed by atoms with E-state index in [1.807, 2.05) is 0 Å². The van der Waals surface area contributed by atoms with Crippen LogP contribution in [0.4, 0.5) is 13.2 Å². The highest BCUT2D eigenvalue weighted by molar-refractivity contribution is 5.79. The van der Waals surface area contributed by atoms with Gasteiger partial charge in [0, 0.05) is 11.3 Å². The molecule has 2 atom stereocenters. The maximum atomic E-state index is 12.5. The number of aliphatic hydroxyl groups is 1.